The molecule has 0 saturated carbocycles. The van der Waals surface area contributed by atoms with Crippen LogP contribution in [0.4, 0.5) is 15.8 Å². The van der Waals surface area contributed by atoms with Crippen molar-refractivity contribution in [3.05, 3.63) is 107 Å². The van der Waals surface area contributed by atoms with Gasteiger partial charge in [0.05, 0.1) is 18.2 Å². The van der Waals surface area contributed by atoms with Crippen LogP contribution in [0.3, 0.4) is 0 Å². The van der Waals surface area contributed by atoms with Crippen molar-refractivity contribution in [2.24, 2.45) is 0 Å². The number of carbonyl (C=O) groups is 4. The number of H-pyrrole nitrogens is 1. The molecule has 4 aromatic rings. The minimum atomic E-state index is -1.72. The normalized spacial score (nSPS) is 18.0. The van der Waals surface area contributed by atoms with Gasteiger partial charge < -0.3 is 35.4 Å². The molecule has 0 bridgehead atoms. The fraction of sp³-hybridized carbons (Fsp3) is 0.235. The van der Waals surface area contributed by atoms with E-state index in [9.17, 15) is 19.2 Å². The van der Waals surface area contributed by atoms with E-state index in [1.54, 1.807) is 60.4 Å². The molecule has 3 heterocycles. The van der Waals surface area contributed by atoms with Crippen LogP contribution in [0.5, 0.6) is 0 Å². The van der Waals surface area contributed by atoms with Crippen LogP contribution in [0.25, 0.3) is 10.9 Å². The van der Waals surface area contributed by atoms with E-state index in [2.05, 4.69) is 26.5 Å². The van der Waals surface area contributed by atoms with Crippen molar-refractivity contribution in [1.29, 1.82) is 0 Å². The minimum absolute atomic E-state index is 0.00102. The fourth-order valence-electron chi connectivity index (χ4n) is 5.66. The van der Waals surface area contributed by atoms with Gasteiger partial charge >= 0.3 is 5.97 Å². The third-order valence-corrected chi connectivity index (χ3v) is 8.39. The first-order valence-corrected chi connectivity index (χ1v) is 15.6. The predicted molar refractivity (Wildman–Crippen MR) is 177 cm³/mol. The zero-order valence-electron chi connectivity index (χ0n) is 25.8. The molecule has 2 atom stereocenters. The lowest BCUT2D eigenvalue weighted by Gasteiger charge is -2.30. The number of fused-ring (bicyclic) bond motifs is 1. The van der Waals surface area contributed by atoms with Crippen LogP contribution in [-0.2, 0) is 35.8 Å². The number of benzene rings is 3. The van der Waals surface area contributed by atoms with E-state index in [4.69, 9.17) is 21.1 Å². The Morgan fingerprint density at radius 2 is 1.94 bits per heavy atom. The molecule has 12 nitrogen and oxygen atoms in total. The molecule has 14 heteroatoms. The number of aromatic nitrogens is 1. The summed E-state index contributed by atoms with van der Waals surface area (Å²) in [5.74, 6) is -2.70. The van der Waals surface area contributed by atoms with Gasteiger partial charge in [0.15, 0.2) is 5.54 Å². The first-order valence-electron chi connectivity index (χ1n) is 15.2. The number of rotatable bonds is 10. The average Bonchev–Trinajstić information content (AvgIpc) is 3.75. The standard InChI is InChI=1S/C34H32ClFN6O6/c1-2-48-32(45)28-18-21-17-22(8-11-26(21)39-28)38-31(44)27(16-20-6-9-23(10-7-20)42-14-15-47-19-29(42)43)40-33(46)34(12-13-37-41-34)24-4-3-5-25(35)30(24)36/h3-13,17-18,27,37,39,41H,2,14-16,19H2,1H3,(H,38,44)(H,40,46). The molecule has 0 radical (unpaired) electrons. The Balaban J connectivity index is 1.28. The topological polar surface area (TPSA) is 154 Å². The molecule has 2 aliphatic heterocycles. The maximum Gasteiger partial charge on any atom is 0.354 e. The van der Waals surface area contributed by atoms with Gasteiger partial charge in [-0.2, -0.15) is 0 Å². The van der Waals surface area contributed by atoms with Gasteiger partial charge in [-0.15, -0.1) is 0 Å². The van der Waals surface area contributed by atoms with Gasteiger partial charge in [0, 0.05) is 47.0 Å². The van der Waals surface area contributed by atoms with Crippen LogP contribution < -0.4 is 26.4 Å². The summed E-state index contributed by atoms with van der Waals surface area (Å²) >= 11 is 6.06. The summed E-state index contributed by atoms with van der Waals surface area (Å²) in [5.41, 5.74) is 6.50. The summed E-state index contributed by atoms with van der Waals surface area (Å²) in [6.45, 7) is 2.78. The first-order chi connectivity index (χ1) is 23.2. The highest BCUT2D eigenvalue weighted by molar-refractivity contribution is 6.30. The van der Waals surface area contributed by atoms with Gasteiger partial charge in [0.1, 0.15) is 24.2 Å². The van der Waals surface area contributed by atoms with Crippen LogP contribution in [0, 0.1) is 5.82 Å². The van der Waals surface area contributed by atoms with Crippen molar-refractivity contribution in [2.75, 3.05) is 36.6 Å². The van der Waals surface area contributed by atoms with Crippen LogP contribution in [0.2, 0.25) is 5.02 Å². The van der Waals surface area contributed by atoms with Crippen molar-refractivity contribution in [3.8, 4) is 0 Å². The molecule has 2 unspecified atom stereocenters. The second-order valence-electron chi connectivity index (χ2n) is 11.2. The number of morpholine rings is 1. The molecule has 1 fully saturated rings. The maximum absolute atomic E-state index is 15.3. The molecule has 5 N–H and O–H groups in total. The van der Waals surface area contributed by atoms with Gasteiger partial charge in [0.2, 0.25) is 5.91 Å². The SMILES string of the molecule is CCOC(=O)c1cc2cc(NC(=O)C(Cc3ccc(N4CCOCC4=O)cc3)NC(=O)C3(c4cccc(Cl)c4F)C=CNN3)ccc2[nH]1. The van der Waals surface area contributed by atoms with Crippen molar-refractivity contribution in [2.45, 2.75) is 24.9 Å². The van der Waals surface area contributed by atoms with E-state index in [1.807, 2.05) is 0 Å². The van der Waals surface area contributed by atoms with Crippen molar-refractivity contribution < 1.29 is 33.0 Å². The van der Waals surface area contributed by atoms with E-state index in [1.165, 1.54) is 30.5 Å². The minimum Gasteiger partial charge on any atom is -0.461 e. The Labute approximate surface area is 279 Å². The Kier molecular flexibility index (Phi) is 9.44. The fourth-order valence-corrected chi connectivity index (χ4v) is 5.84. The highest BCUT2D eigenvalue weighted by Gasteiger charge is 2.44. The molecule has 3 aromatic carbocycles. The quantitative estimate of drug-likeness (QED) is 0.160. The highest BCUT2D eigenvalue weighted by atomic mass is 35.5. The number of hydrogen-bond donors (Lipinski definition) is 5. The molecule has 48 heavy (non-hydrogen) atoms. The van der Waals surface area contributed by atoms with E-state index < -0.39 is 35.2 Å². The molecular weight excluding hydrogens is 643 g/mol. The number of aromatic amines is 1. The number of ether oxygens (including phenoxy) is 2. The second kappa shape index (κ2) is 13.9. The van der Waals surface area contributed by atoms with Gasteiger partial charge in [-0.3, -0.25) is 14.4 Å². The number of anilines is 2. The summed E-state index contributed by atoms with van der Waals surface area (Å²) < 4.78 is 25.6. The summed E-state index contributed by atoms with van der Waals surface area (Å²) in [4.78, 5) is 57.1. The number of amides is 3. The summed E-state index contributed by atoms with van der Waals surface area (Å²) in [7, 11) is 0. The van der Waals surface area contributed by atoms with Gasteiger partial charge in [-0.25, -0.2) is 14.6 Å². The third-order valence-electron chi connectivity index (χ3n) is 8.10. The number of nitrogens with one attached hydrogen (secondary N) is 5. The van der Waals surface area contributed by atoms with E-state index in [0.717, 1.165) is 0 Å². The Bertz CT molecular complexity index is 1910. The summed E-state index contributed by atoms with van der Waals surface area (Å²) in [6, 6.07) is 17.0. The maximum atomic E-state index is 15.3. The van der Waals surface area contributed by atoms with Gasteiger partial charge in [0.25, 0.3) is 11.8 Å². The molecule has 1 aromatic heterocycles. The number of hydrogen-bond acceptors (Lipinski definition) is 8. The van der Waals surface area contributed by atoms with Crippen LogP contribution >= 0.6 is 11.6 Å². The number of nitrogens with zero attached hydrogens (tertiary/aromatic N) is 1. The molecule has 3 amide bonds. The Hall–Kier alpha value is -5.24. The van der Waals surface area contributed by atoms with Crippen LogP contribution in [0.15, 0.2) is 79.0 Å². The van der Waals surface area contributed by atoms with E-state index in [0.29, 0.717) is 41.0 Å². The van der Waals surface area contributed by atoms with Crippen molar-refractivity contribution in [3.63, 3.8) is 0 Å². The average molecular weight is 675 g/mol. The van der Waals surface area contributed by atoms with E-state index >= 15 is 4.39 Å². The molecule has 248 valence electrons. The Morgan fingerprint density at radius 1 is 1.12 bits per heavy atom. The largest absolute Gasteiger partial charge is 0.461 e. The lowest BCUT2D eigenvalue weighted by molar-refractivity contribution is -0.130. The third kappa shape index (κ3) is 6.61. The smallest absolute Gasteiger partial charge is 0.354 e. The monoisotopic (exact) mass is 674 g/mol. The zero-order valence-corrected chi connectivity index (χ0v) is 26.5. The molecule has 6 rings (SSSR count). The number of hydrazine groups is 1. The number of halogens is 2. The predicted octanol–water partition coefficient (Wildman–Crippen LogP) is 3.68. The zero-order chi connectivity index (χ0) is 33.8. The van der Waals surface area contributed by atoms with Crippen LogP contribution in [0.1, 0.15) is 28.5 Å². The van der Waals surface area contributed by atoms with Crippen molar-refractivity contribution in [1.82, 2.24) is 21.2 Å². The molecule has 1 saturated heterocycles. The lowest BCUT2D eigenvalue weighted by atomic mass is 9.89. The molecule has 2 aliphatic rings. The lowest BCUT2D eigenvalue weighted by Crippen LogP contribution is -2.58. The van der Waals surface area contributed by atoms with E-state index in [-0.39, 0.29) is 41.8 Å². The molecule has 0 aliphatic carbocycles. The summed E-state index contributed by atoms with van der Waals surface area (Å²) in [6.07, 6.45) is 2.96. The first kappa shape index (κ1) is 32.7. The second-order valence-corrected chi connectivity index (χ2v) is 11.6. The van der Waals surface area contributed by atoms with Gasteiger partial charge in [-0.1, -0.05) is 35.9 Å². The number of carbonyl (C=O) groups excluding carboxylic acids is 4. The van der Waals surface area contributed by atoms with Crippen molar-refractivity contribution >= 4 is 57.6 Å². The highest BCUT2D eigenvalue weighted by Crippen LogP contribution is 2.31. The Morgan fingerprint density at radius 3 is 2.67 bits per heavy atom. The van der Waals surface area contributed by atoms with Crippen LogP contribution in [-0.4, -0.2) is 61.1 Å². The molecular formula is C34H32ClFN6O6. The van der Waals surface area contributed by atoms with Gasteiger partial charge in [-0.05, 0) is 61.0 Å². The molecule has 0 spiro atoms. The summed E-state index contributed by atoms with van der Waals surface area (Å²) in [5, 5.41) is 6.15. The number of esters is 1.